The fourth-order valence-electron chi connectivity index (χ4n) is 1.57. The summed E-state index contributed by atoms with van der Waals surface area (Å²) in [5.74, 6) is 1.08. The first-order chi connectivity index (χ1) is 5.45. The fourth-order valence-corrected chi connectivity index (χ4v) is 1.57. The average molecular weight is 153 g/mol. The van der Waals surface area contributed by atoms with Gasteiger partial charge in [0.05, 0.1) is 0 Å². The van der Waals surface area contributed by atoms with Gasteiger partial charge < -0.3 is 5.32 Å². The van der Waals surface area contributed by atoms with Crippen LogP contribution in [-0.2, 0) is 0 Å². The molecule has 1 saturated heterocycles. The van der Waals surface area contributed by atoms with Crippen molar-refractivity contribution in [2.24, 2.45) is 5.92 Å². The minimum absolute atomic E-state index is 1.07. The molecule has 1 aliphatic heterocycles. The van der Waals surface area contributed by atoms with Crippen LogP contribution in [0.5, 0.6) is 0 Å². The summed E-state index contributed by atoms with van der Waals surface area (Å²) in [5, 5.41) is 3.32. The van der Waals surface area contributed by atoms with E-state index in [2.05, 4.69) is 16.8 Å². The molecule has 2 fully saturated rings. The smallest absolute Gasteiger partial charge is 0.0389 e. The Kier molecular flexibility index (Phi) is 2.44. The molecule has 0 atom stereocenters. The number of hydrogen-bond acceptors (Lipinski definition) is 2. The Bertz CT molecular complexity index is 115. The van der Waals surface area contributed by atoms with Crippen LogP contribution in [0.2, 0.25) is 0 Å². The van der Waals surface area contributed by atoms with Crippen molar-refractivity contribution in [3.05, 3.63) is 6.54 Å². The van der Waals surface area contributed by atoms with Crippen LogP contribution < -0.4 is 5.32 Å². The first kappa shape index (κ1) is 7.56. The highest BCUT2D eigenvalue weighted by Crippen LogP contribution is 2.32. The molecule has 1 N–H and O–H groups in total. The third kappa shape index (κ3) is 2.46. The summed E-state index contributed by atoms with van der Waals surface area (Å²) in [4.78, 5) is 2.47. The molecule has 2 rings (SSSR count). The summed E-state index contributed by atoms with van der Waals surface area (Å²) in [6.45, 7) is 7.05. The Hall–Kier alpha value is -0.0800. The molecule has 0 aromatic heterocycles. The standard InChI is InChI=1S/C9H17N2/c1-2-9(1)3-6-11-7-4-10-5-8-11/h7,9-10H,1-6,8H2. The summed E-state index contributed by atoms with van der Waals surface area (Å²) in [6, 6.07) is 0. The molecular weight excluding hydrogens is 136 g/mol. The van der Waals surface area contributed by atoms with Crippen LogP contribution in [0.4, 0.5) is 0 Å². The van der Waals surface area contributed by atoms with E-state index in [9.17, 15) is 0 Å². The summed E-state index contributed by atoms with van der Waals surface area (Å²) >= 11 is 0. The molecule has 0 spiro atoms. The fraction of sp³-hybridized carbons (Fsp3) is 0.889. The molecule has 2 heteroatoms. The van der Waals surface area contributed by atoms with Gasteiger partial charge >= 0.3 is 0 Å². The molecule has 63 valence electrons. The van der Waals surface area contributed by atoms with E-state index in [0.29, 0.717) is 0 Å². The molecule has 0 unspecified atom stereocenters. The number of hydrogen-bond donors (Lipinski definition) is 1. The van der Waals surface area contributed by atoms with Gasteiger partial charge in [-0.25, -0.2) is 0 Å². The number of nitrogens with zero attached hydrogens (tertiary/aromatic N) is 1. The zero-order valence-corrected chi connectivity index (χ0v) is 7.05. The van der Waals surface area contributed by atoms with Crippen LogP contribution in [-0.4, -0.2) is 31.1 Å². The molecule has 1 aliphatic carbocycles. The highest BCUT2D eigenvalue weighted by atomic mass is 15.2. The summed E-state index contributed by atoms with van der Waals surface area (Å²) in [6.07, 6.45) is 4.41. The van der Waals surface area contributed by atoms with E-state index >= 15 is 0 Å². The lowest BCUT2D eigenvalue weighted by Gasteiger charge is -2.26. The van der Waals surface area contributed by atoms with Crippen molar-refractivity contribution >= 4 is 0 Å². The third-order valence-electron chi connectivity index (χ3n) is 2.59. The zero-order valence-electron chi connectivity index (χ0n) is 7.05. The van der Waals surface area contributed by atoms with E-state index in [0.717, 1.165) is 12.5 Å². The lowest BCUT2D eigenvalue weighted by molar-refractivity contribution is 0.284. The maximum absolute atomic E-state index is 3.32. The van der Waals surface area contributed by atoms with Crippen molar-refractivity contribution in [1.29, 1.82) is 0 Å². The SMILES string of the molecule is [CH]1CNCCN1CCC1CC1. The van der Waals surface area contributed by atoms with Gasteiger partial charge in [-0.15, -0.1) is 0 Å². The van der Waals surface area contributed by atoms with Gasteiger partial charge in [-0.1, -0.05) is 12.8 Å². The summed E-state index contributed by atoms with van der Waals surface area (Å²) in [7, 11) is 0. The van der Waals surface area contributed by atoms with Gasteiger partial charge in [0.15, 0.2) is 0 Å². The van der Waals surface area contributed by atoms with Gasteiger partial charge in [0.25, 0.3) is 0 Å². The minimum Gasteiger partial charge on any atom is -0.314 e. The maximum atomic E-state index is 3.32. The van der Waals surface area contributed by atoms with E-state index in [1.165, 1.54) is 38.9 Å². The number of piperazine rings is 1. The zero-order chi connectivity index (χ0) is 7.52. The number of nitrogens with one attached hydrogen (secondary N) is 1. The van der Waals surface area contributed by atoms with Gasteiger partial charge in [-0.2, -0.15) is 0 Å². The average Bonchev–Trinajstić information content (AvgIpc) is 2.86. The topological polar surface area (TPSA) is 15.3 Å². The Balaban J connectivity index is 1.59. The second-order valence-electron chi connectivity index (χ2n) is 3.65. The first-order valence-electron chi connectivity index (χ1n) is 4.73. The Morgan fingerprint density at radius 2 is 2.36 bits per heavy atom. The van der Waals surface area contributed by atoms with Crippen LogP contribution in [0, 0.1) is 12.5 Å². The summed E-state index contributed by atoms with van der Waals surface area (Å²) < 4.78 is 0. The Morgan fingerprint density at radius 3 is 3.00 bits per heavy atom. The van der Waals surface area contributed by atoms with Crippen LogP contribution >= 0.6 is 0 Å². The lowest BCUT2D eigenvalue weighted by Crippen LogP contribution is -2.40. The molecule has 1 radical (unpaired) electrons. The molecule has 0 bridgehead atoms. The van der Waals surface area contributed by atoms with Crippen molar-refractivity contribution < 1.29 is 0 Å². The Labute approximate surface area is 69.0 Å². The van der Waals surface area contributed by atoms with Gasteiger partial charge in [0.2, 0.25) is 0 Å². The molecule has 11 heavy (non-hydrogen) atoms. The van der Waals surface area contributed by atoms with E-state index in [-0.39, 0.29) is 0 Å². The van der Waals surface area contributed by atoms with Crippen molar-refractivity contribution in [3.8, 4) is 0 Å². The van der Waals surface area contributed by atoms with E-state index in [1.54, 1.807) is 0 Å². The van der Waals surface area contributed by atoms with Crippen molar-refractivity contribution in [3.63, 3.8) is 0 Å². The molecule has 1 saturated carbocycles. The minimum atomic E-state index is 1.07. The second kappa shape index (κ2) is 3.55. The van der Waals surface area contributed by atoms with Gasteiger partial charge in [0.1, 0.15) is 0 Å². The predicted octanol–water partition coefficient (Wildman–Crippen LogP) is 0.853. The molecule has 0 aromatic carbocycles. The largest absolute Gasteiger partial charge is 0.314 e. The monoisotopic (exact) mass is 153 g/mol. The van der Waals surface area contributed by atoms with Crippen molar-refractivity contribution in [1.82, 2.24) is 10.2 Å². The van der Waals surface area contributed by atoms with Gasteiger partial charge in [-0.3, -0.25) is 4.90 Å². The Morgan fingerprint density at radius 1 is 1.45 bits per heavy atom. The maximum Gasteiger partial charge on any atom is 0.0389 e. The van der Waals surface area contributed by atoms with Crippen LogP contribution in [0.25, 0.3) is 0 Å². The predicted molar refractivity (Wildman–Crippen MR) is 46.1 cm³/mol. The van der Waals surface area contributed by atoms with E-state index in [4.69, 9.17) is 0 Å². The normalized spacial score (nSPS) is 27.3. The highest BCUT2D eigenvalue weighted by molar-refractivity contribution is 4.80. The first-order valence-corrected chi connectivity index (χ1v) is 4.73. The quantitative estimate of drug-likeness (QED) is 0.646. The lowest BCUT2D eigenvalue weighted by atomic mass is 10.2. The highest BCUT2D eigenvalue weighted by Gasteiger charge is 2.22. The molecule has 1 heterocycles. The van der Waals surface area contributed by atoms with E-state index in [1.807, 2.05) is 0 Å². The van der Waals surface area contributed by atoms with Gasteiger partial charge in [0, 0.05) is 26.2 Å². The van der Waals surface area contributed by atoms with Crippen LogP contribution in [0.1, 0.15) is 19.3 Å². The molecule has 0 aromatic rings. The molecular formula is C9H17N2. The second-order valence-corrected chi connectivity index (χ2v) is 3.65. The van der Waals surface area contributed by atoms with Gasteiger partial charge in [-0.05, 0) is 18.9 Å². The van der Waals surface area contributed by atoms with Crippen molar-refractivity contribution in [2.75, 3.05) is 26.2 Å². The summed E-state index contributed by atoms with van der Waals surface area (Å²) in [5.41, 5.74) is 0. The molecule has 2 nitrogen and oxygen atoms in total. The van der Waals surface area contributed by atoms with Crippen LogP contribution in [0.3, 0.4) is 0 Å². The third-order valence-corrected chi connectivity index (χ3v) is 2.59. The van der Waals surface area contributed by atoms with Crippen LogP contribution in [0.15, 0.2) is 0 Å². The molecule has 2 aliphatic rings. The molecule has 0 amide bonds. The van der Waals surface area contributed by atoms with E-state index < -0.39 is 0 Å². The van der Waals surface area contributed by atoms with Crippen molar-refractivity contribution in [2.45, 2.75) is 19.3 Å². The number of rotatable bonds is 3.